The number of thiazole rings is 1. The molecule has 96 valence electrons. The Kier molecular flexibility index (Phi) is 5.58. The molecule has 4 nitrogen and oxygen atoms in total. The van der Waals surface area contributed by atoms with E-state index < -0.39 is 0 Å². The molecule has 0 saturated heterocycles. The fraction of sp³-hybridized carbons (Fsp3) is 0.667. The number of hydrogen-bond acceptors (Lipinski definition) is 4. The van der Waals surface area contributed by atoms with Gasteiger partial charge in [0.2, 0.25) is 5.91 Å². The van der Waals surface area contributed by atoms with Crippen LogP contribution >= 0.6 is 11.3 Å². The summed E-state index contributed by atoms with van der Waals surface area (Å²) in [5.74, 6) is 0.161. The van der Waals surface area contributed by atoms with E-state index in [1.807, 2.05) is 14.0 Å². The number of nitrogens with zero attached hydrogens (tertiary/aromatic N) is 2. The lowest BCUT2D eigenvalue weighted by Gasteiger charge is -2.16. The second kappa shape index (κ2) is 6.71. The lowest BCUT2D eigenvalue weighted by atomic mass is 10.2. The highest BCUT2D eigenvalue weighted by Crippen LogP contribution is 2.18. The van der Waals surface area contributed by atoms with Crippen molar-refractivity contribution in [3.05, 3.63) is 15.6 Å². The van der Waals surface area contributed by atoms with E-state index in [4.69, 9.17) is 5.73 Å². The first kappa shape index (κ1) is 14.1. The van der Waals surface area contributed by atoms with Gasteiger partial charge in [-0.25, -0.2) is 4.98 Å². The third-order valence-electron chi connectivity index (χ3n) is 2.70. The summed E-state index contributed by atoms with van der Waals surface area (Å²) in [7, 11) is 1.86. The van der Waals surface area contributed by atoms with Crippen molar-refractivity contribution in [3.63, 3.8) is 0 Å². The van der Waals surface area contributed by atoms with Crippen molar-refractivity contribution in [2.75, 3.05) is 13.6 Å². The topological polar surface area (TPSA) is 59.2 Å². The fourth-order valence-corrected chi connectivity index (χ4v) is 2.47. The van der Waals surface area contributed by atoms with Crippen molar-refractivity contribution in [2.24, 2.45) is 5.73 Å². The first-order valence-electron chi connectivity index (χ1n) is 5.97. The molecule has 0 aliphatic rings. The third kappa shape index (κ3) is 4.09. The second-order valence-electron chi connectivity index (χ2n) is 4.17. The van der Waals surface area contributed by atoms with Crippen LogP contribution in [0, 0.1) is 6.92 Å². The molecule has 0 saturated carbocycles. The van der Waals surface area contributed by atoms with Gasteiger partial charge < -0.3 is 10.6 Å². The van der Waals surface area contributed by atoms with Crippen LogP contribution in [0.5, 0.6) is 0 Å². The molecule has 1 amide bonds. The molecule has 1 rings (SSSR count). The lowest BCUT2D eigenvalue weighted by molar-refractivity contribution is -0.129. The van der Waals surface area contributed by atoms with Crippen molar-refractivity contribution < 1.29 is 4.79 Å². The van der Waals surface area contributed by atoms with E-state index in [9.17, 15) is 4.79 Å². The van der Waals surface area contributed by atoms with Gasteiger partial charge in [0.1, 0.15) is 5.01 Å². The Balaban J connectivity index is 2.57. The largest absolute Gasteiger partial charge is 0.345 e. The number of nitrogens with two attached hydrogens (primary N) is 1. The molecule has 5 heteroatoms. The normalized spacial score (nSPS) is 10.6. The zero-order chi connectivity index (χ0) is 12.8. The molecule has 0 fully saturated rings. The molecule has 0 aliphatic carbocycles. The number of unbranched alkanes of at least 4 members (excludes halogenated alkanes) is 1. The van der Waals surface area contributed by atoms with Crippen molar-refractivity contribution in [2.45, 2.75) is 39.7 Å². The lowest BCUT2D eigenvalue weighted by Crippen LogP contribution is -2.29. The summed E-state index contributed by atoms with van der Waals surface area (Å²) in [6.45, 7) is 5.34. The SMILES string of the molecule is CCCCN(C)C(=O)Cc1sc(CN)nc1C. The van der Waals surface area contributed by atoms with Crippen LogP contribution in [0.2, 0.25) is 0 Å². The number of carbonyl (C=O) groups excluding carboxylic acids is 1. The summed E-state index contributed by atoms with van der Waals surface area (Å²) in [4.78, 5) is 19.1. The number of aromatic nitrogens is 1. The average Bonchev–Trinajstić information content (AvgIpc) is 2.67. The summed E-state index contributed by atoms with van der Waals surface area (Å²) >= 11 is 1.55. The molecule has 1 aromatic heterocycles. The van der Waals surface area contributed by atoms with E-state index in [2.05, 4.69) is 11.9 Å². The van der Waals surface area contributed by atoms with Gasteiger partial charge in [-0.05, 0) is 13.3 Å². The Morgan fingerprint density at radius 1 is 1.53 bits per heavy atom. The predicted molar refractivity (Wildman–Crippen MR) is 71.0 cm³/mol. The molecule has 0 aromatic carbocycles. The zero-order valence-electron chi connectivity index (χ0n) is 10.8. The molecule has 2 N–H and O–H groups in total. The van der Waals surface area contributed by atoms with Crippen molar-refractivity contribution in [1.82, 2.24) is 9.88 Å². The smallest absolute Gasteiger partial charge is 0.227 e. The van der Waals surface area contributed by atoms with Crippen LogP contribution in [0.25, 0.3) is 0 Å². The van der Waals surface area contributed by atoms with Crippen LogP contribution in [0.15, 0.2) is 0 Å². The van der Waals surface area contributed by atoms with Crippen LogP contribution in [0.3, 0.4) is 0 Å². The molecule has 0 aliphatic heterocycles. The minimum atomic E-state index is 0.161. The predicted octanol–water partition coefficient (Wildman–Crippen LogP) is 1.71. The van der Waals surface area contributed by atoms with Gasteiger partial charge in [-0.3, -0.25) is 4.79 Å². The second-order valence-corrected chi connectivity index (χ2v) is 5.33. The van der Waals surface area contributed by atoms with Gasteiger partial charge in [0.15, 0.2) is 0 Å². The summed E-state index contributed by atoms with van der Waals surface area (Å²) in [6, 6.07) is 0. The minimum Gasteiger partial charge on any atom is -0.345 e. The van der Waals surface area contributed by atoms with E-state index >= 15 is 0 Å². The van der Waals surface area contributed by atoms with E-state index in [-0.39, 0.29) is 5.91 Å². The average molecular weight is 255 g/mol. The summed E-state index contributed by atoms with van der Waals surface area (Å²) < 4.78 is 0. The monoisotopic (exact) mass is 255 g/mol. The number of likely N-dealkylation sites (N-methyl/N-ethyl adjacent to an activating group) is 1. The van der Waals surface area contributed by atoms with Gasteiger partial charge in [-0.2, -0.15) is 0 Å². The number of rotatable bonds is 6. The molecular weight excluding hydrogens is 234 g/mol. The Morgan fingerprint density at radius 2 is 2.24 bits per heavy atom. The van der Waals surface area contributed by atoms with Gasteiger partial charge in [0.25, 0.3) is 0 Å². The Morgan fingerprint density at radius 3 is 2.76 bits per heavy atom. The molecule has 0 radical (unpaired) electrons. The van der Waals surface area contributed by atoms with Crippen LogP contribution in [0.4, 0.5) is 0 Å². The highest BCUT2D eigenvalue weighted by atomic mass is 32.1. The van der Waals surface area contributed by atoms with Crippen molar-refractivity contribution in [1.29, 1.82) is 0 Å². The van der Waals surface area contributed by atoms with Gasteiger partial charge in [0.05, 0.1) is 12.1 Å². The Labute approximate surface area is 107 Å². The van der Waals surface area contributed by atoms with Gasteiger partial charge in [-0.1, -0.05) is 13.3 Å². The van der Waals surface area contributed by atoms with Crippen molar-refractivity contribution in [3.8, 4) is 0 Å². The molecule has 1 aromatic rings. The molecular formula is C12H21N3OS. The molecule has 0 spiro atoms. The summed E-state index contributed by atoms with van der Waals surface area (Å²) in [5, 5.41) is 0.904. The van der Waals surface area contributed by atoms with Crippen LogP contribution in [-0.4, -0.2) is 29.4 Å². The highest BCUT2D eigenvalue weighted by molar-refractivity contribution is 7.11. The van der Waals surface area contributed by atoms with E-state index in [1.165, 1.54) is 0 Å². The maximum absolute atomic E-state index is 11.9. The maximum atomic E-state index is 11.9. The van der Waals surface area contributed by atoms with Crippen LogP contribution < -0.4 is 5.73 Å². The highest BCUT2D eigenvalue weighted by Gasteiger charge is 2.14. The Bertz CT molecular complexity index is 376. The Hall–Kier alpha value is -0.940. The molecule has 0 unspecified atom stereocenters. The third-order valence-corrected chi connectivity index (χ3v) is 3.88. The first-order valence-corrected chi connectivity index (χ1v) is 6.79. The van der Waals surface area contributed by atoms with E-state index in [0.717, 1.165) is 35.0 Å². The van der Waals surface area contributed by atoms with Gasteiger partial charge >= 0.3 is 0 Å². The van der Waals surface area contributed by atoms with Gasteiger partial charge in [0, 0.05) is 25.0 Å². The van der Waals surface area contributed by atoms with E-state index in [1.54, 1.807) is 16.2 Å². The standard InChI is InChI=1S/C12H21N3OS/c1-4-5-6-15(3)12(16)7-10-9(2)14-11(8-13)17-10/h4-8,13H2,1-3H3. The number of amides is 1. The van der Waals surface area contributed by atoms with Crippen molar-refractivity contribution >= 4 is 17.2 Å². The number of carbonyl (C=O) groups is 1. The van der Waals surface area contributed by atoms with Crippen LogP contribution in [0.1, 0.15) is 35.3 Å². The van der Waals surface area contributed by atoms with Crippen LogP contribution in [-0.2, 0) is 17.8 Å². The van der Waals surface area contributed by atoms with E-state index in [0.29, 0.717) is 13.0 Å². The quantitative estimate of drug-likeness (QED) is 0.842. The summed E-state index contributed by atoms with van der Waals surface area (Å²) in [5.41, 5.74) is 6.48. The zero-order valence-corrected chi connectivity index (χ0v) is 11.6. The van der Waals surface area contributed by atoms with Gasteiger partial charge in [-0.15, -0.1) is 11.3 Å². The first-order chi connectivity index (χ1) is 8.08. The minimum absolute atomic E-state index is 0.161. The summed E-state index contributed by atoms with van der Waals surface area (Å²) in [6.07, 6.45) is 2.61. The molecule has 0 atom stereocenters. The fourth-order valence-electron chi connectivity index (χ4n) is 1.53. The molecule has 0 bridgehead atoms. The maximum Gasteiger partial charge on any atom is 0.227 e. The number of aryl methyl sites for hydroxylation is 1. The molecule has 1 heterocycles. The number of hydrogen-bond donors (Lipinski definition) is 1. The molecule has 17 heavy (non-hydrogen) atoms.